The largest absolute Gasteiger partial charge is 0.455 e. The van der Waals surface area contributed by atoms with Crippen LogP contribution < -0.4 is 0 Å². The summed E-state index contributed by atoms with van der Waals surface area (Å²) in [5.41, 5.74) is 8.24. The van der Waals surface area contributed by atoms with E-state index in [1.807, 2.05) is 48.5 Å². The summed E-state index contributed by atoms with van der Waals surface area (Å²) in [6.07, 6.45) is 0. The molecule has 0 unspecified atom stereocenters. The summed E-state index contributed by atoms with van der Waals surface area (Å²) in [7, 11) is 0. The van der Waals surface area contributed by atoms with Crippen LogP contribution >= 0.6 is 0 Å². The summed E-state index contributed by atoms with van der Waals surface area (Å²) < 4.78 is 6.89. The molecule has 0 aliphatic rings. The molecule has 0 N–H and O–H groups in total. The second kappa shape index (κ2) is 10.9. The van der Waals surface area contributed by atoms with Crippen molar-refractivity contribution in [2.24, 2.45) is 0 Å². The Bertz CT molecular complexity index is 2900. The lowest BCUT2D eigenvalue weighted by Gasteiger charge is -2.17. The fourth-order valence-corrected chi connectivity index (χ4v) is 8.10. The van der Waals surface area contributed by atoms with E-state index in [9.17, 15) is 10.1 Å². The molecule has 4 nitrogen and oxygen atoms in total. The van der Waals surface area contributed by atoms with Gasteiger partial charge in [-0.3, -0.25) is 10.1 Å². The maximum atomic E-state index is 12.3. The van der Waals surface area contributed by atoms with Gasteiger partial charge in [0.1, 0.15) is 11.2 Å². The number of furan rings is 1. The van der Waals surface area contributed by atoms with Crippen LogP contribution in [0.2, 0.25) is 0 Å². The fraction of sp³-hybridized carbons (Fsp3) is 0. The lowest BCUT2D eigenvalue weighted by atomic mass is 9.85. The Morgan fingerprint density at radius 1 is 0.400 bits per heavy atom. The van der Waals surface area contributed by atoms with Crippen molar-refractivity contribution in [3.05, 3.63) is 174 Å². The van der Waals surface area contributed by atoms with Crippen molar-refractivity contribution in [3.63, 3.8) is 0 Å². The Morgan fingerprint density at radius 3 is 1.42 bits per heavy atom. The normalized spacial score (nSPS) is 11.8. The van der Waals surface area contributed by atoms with Crippen LogP contribution in [-0.4, -0.2) is 4.92 Å². The van der Waals surface area contributed by atoms with E-state index in [1.165, 1.54) is 32.7 Å². The first-order valence-electron chi connectivity index (χ1n) is 16.7. The van der Waals surface area contributed by atoms with Crippen molar-refractivity contribution in [1.29, 1.82) is 0 Å². The predicted octanol–water partition coefficient (Wildman–Crippen LogP) is 13.1. The van der Waals surface area contributed by atoms with Crippen LogP contribution in [0.5, 0.6) is 0 Å². The molecule has 1 heterocycles. The maximum absolute atomic E-state index is 12.3. The number of rotatable bonds is 4. The third-order valence-electron chi connectivity index (χ3n) is 10.1. The Kier molecular flexibility index (Phi) is 6.14. The molecule has 10 rings (SSSR count). The summed E-state index contributed by atoms with van der Waals surface area (Å²) in [6, 6.07) is 55.9. The van der Waals surface area contributed by atoms with Crippen LogP contribution in [0.4, 0.5) is 5.69 Å². The highest BCUT2D eigenvalue weighted by Crippen LogP contribution is 2.48. The van der Waals surface area contributed by atoms with E-state index in [0.29, 0.717) is 10.8 Å². The van der Waals surface area contributed by atoms with E-state index in [-0.39, 0.29) is 10.6 Å². The van der Waals surface area contributed by atoms with E-state index in [1.54, 1.807) is 0 Å². The van der Waals surface area contributed by atoms with E-state index < -0.39 is 0 Å². The van der Waals surface area contributed by atoms with Crippen LogP contribution in [0.3, 0.4) is 0 Å². The zero-order valence-corrected chi connectivity index (χ0v) is 26.8. The lowest BCUT2D eigenvalue weighted by Crippen LogP contribution is -1.94. The van der Waals surface area contributed by atoms with Crippen LogP contribution in [-0.2, 0) is 0 Å². The van der Waals surface area contributed by atoms with Crippen LogP contribution in [0.25, 0.3) is 98.4 Å². The van der Waals surface area contributed by atoms with Gasteiger partial charge in [0, 0.05) is 21.9 Å². The highest BCUT2D eigenvalue weighted by Gasteiger charge is 2.24. The predicted molar refractivity (Wildman–Crippen MR) is 207 cm³/mol. The number of nitro groups is 1. The van der Waals surface area contributed by atoms with Gasteiger partial charge in [-0.2, -0.15) is 0 Å². The second-order valence-electron chi connectivity index (χ2n) is 12.8. The number of para-hydroxylation sites is 1. The molecule has 0 aliphatic heterocycles. The molecule has 0 spiro atoms. The highest BCUT2D eigenvalue weighted by molar-refractivity contribution is 6.25. The molecule has 0 atom stereocenters. The van der Waals surface area contributed by atoms with Crippen molar-refractivity contribution in [2.75, 3.05) is 0 Å². The van der Waals surface area contributed by atoms with Gasteiger partial charge >= 0.3 is 0 Å². The highest BCUT2D eigenvalue weighted by atomic mass is 16.6. The molecular formula is C46H27NO3. The smallest absolute Gasteiger partial charge is 0.284 e. The van der Waals surface area contributed by atoms with Crippen LogP contribution in [0.15, 0.2) is 168 Å². The summed E-state index contributed by atoms with van der Waals surface area (Å²) in [5, 5.41) is 22.1. The molecule has 1 aromatic heterocycles. The second-order valence-corrected chi connectivity index (χ2v) is 12.8. The van der Waals surface area contributed by atoms with E-state index in [0.717, 1.165) is 55.0 Å². The van der Waals surface area contributed by atoms with Gasteiger partial charge in [0.05, 0.1) is 15.7 Å². The lowest BCUT2D eigenvalue weighted by molar-refractivity contribution is -0.381. The number of non-ortho nitro benzene ring substituents is 1. The Balaban J connectivity index is 1.26. The SMILES string of the molecule is O=[N+]([O-])c1c2ccccc2c(-c2ccc3c(c2)oc2c(-c4c5ccccc5c(-c5ccccc5)c5ccccc45)cccc23)c2ccccc12. The molecule has 0 saturated carbocycles. The molecule has 234 valence electrons. The Morgan fingerprint density at radius 2 is 0.860 bits per heavy atom. The van der Waals surface area contributed by atoms with Crippen molar-refractivity contribution in [1.82, 2.24) is 0 Å². The molecule has 0 fully saturated rings. The molecule has 50 heavy (non-hydrogen) atoms. The fourth-order valence-electron chi connectivity index (χ4n) is 8.10. The third kappa shape index (κ3) is 4.06. The van der Waals surface area contributed by atoms with Gasteiger partial charge < -0.3 is 4.42 Å². The van der Waals surface area contributed by atoms with Gasteiger partial charge in [-0.25, -0.2) is 0 Å². The number of nitrogens with zero attached hydrogens (tertiary/aromatic N) is 1. The van der Waals surface area contributed by atoms with Crippen molar-refractivity contribution in [2.45, 2.75) is 0 Å². The zero-order chi connectivity index (χ0) is 33.3. The quantitative estimate of drug-likeness (QED) is 0.109. The number of hydrogen-bond acceptors (Lipinski definition) is 3. The maximum Gasteiger partial charge on any atom is 0.284 e. The van der Waals surface area contributed by atoms with Gasteiger partial charge in [-0.05, 0) is 78.8 Å². The topological polar surface area (TPSA) is 56.3 Å². The van der Waals surface area contributed by atoms with Crippen molar-refractivity contribution < 1.29 is 9.34 Å². The average Bonchev–Trinajstić information content (AvgIpc) is 3.54. The first-order chi connectivity index (χ1) is 24.7. The standard InChI is InChI=1S/C46H27NO3/c48-47(49)45-37-21-10-8-19-35(37)43(36-20-9-11-22-38(36)45)29-25-26-30-39-23-12-24-40(46(39)50-41(30)27-29)44-33-17-6-4-15-31(33)42(28-13-2-1-3-14-28)32-16-5-7-18-34(32)44/h1-27H. The average molecular weight is 642 g/mol. The van der Waals surface area contributed by atoms with Crippen molar-refractivity contribution in [3.8, 4) is 33.4 Å². The molecule has 10 aromatic rings. The van der Waals surface area contributed by atoms with Gasteiger partial charge in [0.2, 0.25) is 0 Å². The summed E-state index contributed by atoms with van der Waals surface area (Å²) in [5.74, 6) is 0. The first kappa shape index (κ1) is 28.3. The molecule has 4 heteroatoms. The zero-order valence-electron chi connectivity index (χ0n) is 26.8. The molecule has 0 amide bonds. The number of fused-ring (bicyclic) bond motifs is 7. The van der Waals surface area contributed by atoms with Gasteiger partial charge in [-0.15, -0.1) is 0 Å². The third-order valence-corrected chi connectivity index (χ3v) is 10.1. The van der Waals surface area contributed by atoms with Gasteiger partial charge in [-0.1, -0.05) is 140 Å². The van der Waals surface area contributed by atoms with Crippen LogP contribution in [0, 0.1) is 10.1 Å². The van der Waals surface area contributed by atoms with Crippen LogP contribution in [0.1, 0.15) is 0 Å². The van der Waals surface area contributed by atoms with E-state index >= 15 is 0 Å². The van der Waals surface area contributed by atoms with E-state index in [2.05, 4.69) is 115 Å². The van der Waals surface area contributed by atoms with Crippen molar-refractivity contribution >= 4 is 70.7 Å². The minimum absolute atomic E-state index is 0.132. The molecule has 0 aliphatic carbocycles. The molecule has 0 bridgehead atoms. The molecule has 0 saturated heterocycles. The van der Waals surface area contributed by atoms with E-state index in [4.69, 9.17) is 4.42 Å². The number of hydrogen-bond donors (Lipinski definition) is 0. The molecule has 0 radical (unpaired) electrons. The van der Waals surface area contributed by atoms with Gasteiger partial charge in [0.15, 0.2) is 0 Å². The monoisotopic (exact) mass is 641 g/mol. The molecule has 9 aromatic carbocycles. The minimum atomic E-state index is -0.266. The first-order valence-corrected chi connectivity index (χ1v) is 16.7. The number of benzene rings is 9. The Labute approximate surface area is 286 Å². The summed E-state index contributed by atoms with van der Waals surface area (Å²) >= 11 is 0. The number of nitro benzene ring substituents is 1. The minimum Gasteiger partial charge on any atom is -0.455 e. The van der Waals surface area contributed by atoms with Gasteiger partial charge in [0.25, 0.3) is 5.69 Å². The molecular weight excluding hydrogens is 615 g/mol. The summed E-state index contributed by atoms with van der Waals surface area (Å²) in [6.45, 7) is 0. The summed E-state index contributed by atoms with van der Waals surface area (Å²) in [4.78, 5) is 12.1. The Hall–Kier alpha value is -6.78.